The van der Waals surface area contributed by atoms with Crippen LogP contribution in [0.4, 0.5) is 0 Å². The molecule has 0 saturated carbocycles. The van der Waals surface area contributed by atoms with E-state index in [1.807, 2.05) is 0 Å². The minimum absolute atomic E-state index is 0.935. The second kappa shape index (κ2) is 23.8. The van der Waals surface area contributed by atoms with E-state index in [0.29, 0.717) is 0 Å². The second-order valence-corrected chi connectivity index (χ2v) is 8.60. The van der Waals surface area contributed by atoms with E-state index in [2.05, 4.69) is 32.9 Å². The summed E-state index contributed by atoms with van der Waals surface area (Å²) in [6.45, 7) is 10.2. The van der Waals surface area contributed by atoms with Gasteiger partial charge in [-0.25, -0.2) is 0 Å². The summed E-state index contributed by atoms with van der Waals surface area (Å²) in [5, 5.41) is 0. The van der Waals surface area contributed by atoms with Crippen LogP contribution in [-0.2, 0) is 0 Å². The van der Waals surface area contributed by atoms with Crippen molar-refractivity contribution in [1.29, 1.82) is 0 Å². The van der Waals surface area contributed by atoms with Crippen LogP contribution in [0.3, 0.4) is 0 Å². The van der Waals surface area contributed by atoms with Gasteiger partial charge < -0.3 is 0 Å². The van der Waals surface area contributed by atoms with E-state index in [0.717, 1.165) is 18.8 Å². The lowest BCUT2D eigenvalue weighted by Gasteiger charge is -2.13. The first-order valence-corrected chi connectivity index (χ1v) is 12.6. The molecule has 0 rings (SSSR count). The SMILES string of the molecule is [CH2]CCCCCCCCCC/C=C/CC(CCC)CCCCCCCC[CH2]. The molecule has 0 bridgehead atoms. The molecule has 0 heteroatoms. The molecule has 27 heavy (non-hydrogen) atoms. The first kappa shape index (κ1) is 26.7. The first-order valence-electron chi connectivity index (χ1n) is 12.6. The van der Waals surface area contributed by atoms with Gasteiger partial charge in [0.25, 0.3) is 0 Å². The summed E-state index contributed by atoms with van der Waals surface area (Å²) >= 11 is 0. The number of allylic oxidation sites excluding steroid dienone is 2. The van der Waals surface area contributed by atoms with Crippen molar-refractivity contribution in [2.24, 2.45) is 5.92 Å². The maximum atomic E-state index is 3.93. The minimum Gasteiger partial charge on any atom is -0.0885 e. The van der Waals surface area contributed by atoms with Gasteiger partial charge in [0.15, 0.2) is 0 Å². The summed E-state index contributed by atoms with van der Waals surface area (Å²) in [7, 11) is 0. The van der Waals surface area contributed by atoms with Gasteiger partial charge in [-0.15, -0.1) is 0 Å². The Kier molecular flexibility index (Phi) is 23.5. The number of unbranched alkanes of at least 4 members (excludes halogenated alkanes) is 15. The van der Waals surface area contributed by atoms with Crippen molar-refractivity contribution in [3.8, 4) is 0 Å². The molecule has 1 unspecified atom stereocenters. The first-order chi connectivity index (χ1) is 13.3. The van der Waals surface area contributed by atoms with Gasteiger partial charge in [0.2, 0.25) is 0 Å². The Bertz CT molecular complexity index is 278. The summed E-state index contributed by atoms with van der Waals surface area (Å²) in [6, 6.07) is 0. The zero-order valence-electron chi connectivity index (χ0n) is 19.0. The molecule has 0 aliphatic carbocycles. The molecule has 0 aromatic carbocycles. The van der Waals surface area contributed by atoms with Crippen LogP contribution < -0.4 is 0 Å². The molecule has 0 aliphatic rings. The van der Waals surface area contributed by atoms with Crippen molar-refractivity contribution in [3.63, 3.8) is 0 Å². The highest BCUT2D eigenvalue weighted by Crippen LogP contribution is 2.21. The maximum absolute atomic E-state index is 3.93. The molecule has 0 nitrogen and oxygen atoms in total. The fourth-order valence-electron chi connectivity index (χ4n) is 4.01. The molecule has 0 aromatic rings. The average molecular weight is 377 g/mol. The van der Waals surface area contributed by atoms with Crippen LogP contribution in [0.1, 0.15) is 142 Å². The van der Waals surface area contributed by atoms with Gasteiger partial charge in [-0.1, -0.05) is 148 Å². The maximum Gasteiger partial charge on any atom is -0.0322 e. The summed E-state index contributed by atoms with van der Waals surface area (Å²) < 4.78 is 0. The van der Waals surface area contributed by atoms with E-state index in [4.69, 9.17) is 0 Å². The Morgan fingerprint density at radius 1 is 0.556 bits per heavy atom. The van der Waals surface area contributed by atoms with Crippen LogP contribution in [0.25, 0.3) is 0 Å². The van der Waals surface area contributed by atoms with E-state index in [-0.39, 0.29) is 0 Å². The Hall–Kier alpha value is -0.260. The lowest BCUT2D eigenvalue weighted by Crippen LogP contribution is -1.99. The van der Waals surface area contributed by atoms with Gasteiger partial charge in [-0.2, -0.15) is 0 Å². The molecule has 0 amide bonds. The highest BCUT2D eigenvalue weighted by Gasteiger charge is 2.05. The molecule has 0 aliphatic heterocycles. The van der Waals surface area contributed by atoms with Crippen molar-refractivity contribution in [1.82, 2.24) is 0 Å². The predicted molar refractivity (Wildman–Crippen MR) is 126 cm³/mol. The standard InChI is InChI=1S/C27H52/c1-4-7-9-11-13-14-15-16-17-19-21-23-26-27(24-6-3)25-22-20-18-12-10-8-5-2/h21,23,27H,1-2,4-20,22,24-26H2,3H3/b23-21+. The van der Waals surface area contributed by atoms with E-state index in [9.17, 15) is 0 Å². The number of rotatable bonds is 22. The van der Waals surface area contributed by atoms with Gasteiger partial charge in [0, 0.05) is 0 Å². The molecular weight excluding hydrogens is 324 g/mol. The lowest BCUT2D eigenvalue weighted by molar-refractivity contribution is 0.422. The monoisotopic (exact) mass is 376 g/mol. The fourth-order valence-corrected chi connectivity index (χ4v) is 4.01. The molecule has 0 heterocycles. The third-order valence-corrected chi connectivity index (χ3v) is 5.82. The van der Waals surface area contributed by atoms with E-state index < -0.39 is 0 Å². The van der Waals surface area contributed by atoms with E-state index in [1.165, 1.54) is 122 Å². The van der Waals surface area contributed by atoms with Gasteiger partial charge >= 0.3 is 0 Å². The van der Waals surface area contributed by atoms with Crippen molar-refractivity contribution >= 4 is 0 Å². The summed E-state index contributed by atoms with van der Waals surface area (Å²) in [5.74, 6) is 0.935. The van der Waals surface area contributed by atoms with Crippen LogP contribution in [-0.4, -0.2) is 0 Å². The summed E-state index contributed by atoms with van der Waals surface area (Å²) in [5.41, 5.74) is 0. The Morgan fingerprint density at radius 3 is 1.56 bits per heavy atom. The van der Waals surface area contributed by atoms with Crippen LogP contribution in [0.15, 0.2) is 12.2 Å². The molecule has 0 spiro atoms. The molecule has 0 saturated heterocycles. The quantitative estimate of drug-likeness (QED) is 0.130. The summed E-state index contributed by atoms with van der Waals surface area (Å²) in [4.78, 5) is 0. The summed E-state index contributed by atoms with van der Waals surface area (Å²) in [6.07, 6.45) is 33.7. The Morgan fingerprint density at radius 2 is 1.04 bits per heavy atom. The molecule has 0 N–H and O–H groups in total. The average Bonchev–Trinajstić information content (AvgIpc) is 2.68. The largest absolute Gasteiger partial charge is 0.0885 e. The van der Waals surface area contributed by atoms with Gasteiger partial charge in [0.1, 0.15) is 0 Å². The van der Waals surface area contributed by atoms with Crippen LogP contribution in [0.2, 0.25) is 0 Å². The fraction of sp³-hybridized carbons (Fsp3) is 0.852. The highest BCUT2D eigenvalue weighted by atomic mass is 14.1. The van der Waals surface area contributed by atoms with Gasteiger partial charge in [-0.05, 0) is 25.2 Å². The van der Waals surface area contributed by atoms with Crippen LogP contribution in [0, 0.1) is 19.8 Å². The third kappa shape index (κ3) is 21.9. The van der Waals surface area contributed by atoms with Gasteiger partial charge in [-0.3, -0.25) is 0 Å². The topological polar surface area (TPSA) is 0 Å². The normalized spacial score (nSPS) is 12.9. The lowest BCUT2D eigenvalue weighted by atomic mass is 9.92. The molecule has 0 fully saturated rings. The molecule has 0 aromatic heterocycles. The molecular formula is C27H52. The van der Waals surface area contributed by atoms with E-state index >= 15 is 0 Å². The zero-order valence-corrected chi connectivity index (χ0v) is 19.0. The number of hydrogen-bond acceptors (Lipinski definition) is 0. The van der Waals surface area contributed by atoms with E-state index in [1.54, 1.807) is 0 Å². The Labute approximate surface area is 174 Å². The highest BCUT2D eigenvalue weighted by molar-refractivity contribution is 4.84. The molecule has 2 radical (unpaired) electrons. The predicted octanol–water partition coefficient (Wildman–Crippen LogP) is 10.0. The minimum atomic E-state index is 0.935. The zero-order chi connectivity index (χ0) is 19.8. The van der Waals surface area contributed by atoms with Crippen LogP contribution in [0.5, 0.6) is 0 Å². The van der Waals surface area contributed by atoms with Crippen molar-refractivity contribution in [3.05, 3.63) is 26.0 Å². The smallest absolute Gasteiger partial charge is 0.0322 e. The second-order valence-electron chi connectivity index (χ2n) is 8.60. The van der Waals surface area contributed by atoms with Crippen molar-refractivity contribution in [2.75, 3.05) is 0 Å². The van der Waals surface area contributed by atoms with Crippen LogP contribution >= 0.6 is 0 Å². The number of hydrogen-bond donors (Lipinski definition) is 0. The molecule has 1 atom stereocenters. The van der Waals surface area contributed by atoms with Crippen molar-refractivity contribution in [2.45, 2.75) is 142 Å². The Balaban J connectivity index is 3.50. The van der Waals surface area contributed by atoms with Crippen molar-refractivity contribution < 1.29 is 0 Å². The van der Waals surface area contributed by atoms with Gasteiger partial charge in [0.05, 0.1) is 0 Å². The third-order valence-electron chi connectivity index (χ3n) is 5.82. The molecule has 160 valence electrons.